The molecule has 0 amide bonds. The minimum absolute atomic E-state index is 0. The third-order valence-corrected chi connectivity index (χ3v) is 2.82. The van der Waals surface area contributed by atoms with Gasteiger partial charge in [0.15, 0.2) is 0 Å². The summed E-state index contributed by atoms with van der Waals surface area (Å²) < 4.78 is 0. The number of benzene rings is 2. The van der Waals surface area contributed by atoms with Crippen LogP contribution in [0.2, 0.25) is 0 Å². The van der Waals surface area contributed by atoms with Gasteiger partial charge in [-0.15, -0.1) is 53.7 Å². The molecule has 2 heteroatoms. The molecular weight excluding hydrogens is 584 g/mol. The smallest absolute Gasteiger partial charge is 0 e. The zero-order chi connectivity index (χ0) is 13.2. The Hall–Kier alpha value is -0.183. The standard InChI is InChI=1S/C11H9.C4H8.C3H6.2W/c1-9-6-7-10-4-2-3-5-11(10)8-9;1-2-4-3-1;1-3-2;;/h2-3,5-8H,1H3;1-4H2;3H,1H2,2H3;;/q-1;;;;. The van der Waals surface area contributed by atoms with E-state index in [2.05, 4.69) is 43.8 Å². The maximum absolute atomic E-state index is 3.36. The molecule has 20 heavy (non-hydrogen) atoms. The van der Waals surface area contributed by atoms with Gasteiger partial charge in [-0.05, 0) is 13.8 Å². The van der Waals surface area contributed by atoms with Crippen molar-refractivity contribution in [1.29, 1.82) is 0 Å². The molecule has 1 fully saturated rings. The molecule has 0 nitrogen and oxygen atoms in total. The van der Waals surface area contributed by atoms with Crippen LogP contribution in [0, 0.1) is 13.0 Å². The van der Waals surface area contributed by atoms with Gasteiger partial charge in [0.25, 0.3) is 0 Å². The van der Waals surface area contributed by atoms with Crippen LogP contribution in [0.1, 0.15) is 38.2 Å². The Morgan fingerprint density at radius 1 is 1.05 bits per heavy atom. The molecule has 0 spiro atoms. The predicted molar refractivity (Wildman–Crippen MR) is 81.9 cm³/mol. The molecule has 0 bridgehead atoms. The first kappa shape index (κ1) is 22.1. The Kier molecular flexibility index (Phi) is 15.2. The summed E-state index contributed by atoms with van der Waals surface area (Å²) in [6.07, 6.45) is 7.75. The molecule has 0 radical (unpaired) electrons. The van der Waals surface area contributed by atoms with Crippen molar-refractivity contribution in [2.45, 2.75) is 39.5 Å². The minimum atomic E-state index is 0. The molecule has 0 unspecified atom stereocenters. The summed E-state index contributed by atoms with van der Waals surface area (Å²) in [6, 6.07) is 15.6. The molecule has 0 aliphatic heterocycles. The molecule has 0 aromatic heterocycles. The Morgan fingerprint density at radius 2 is 1.60 bits per heavy atom. The van der Waals surface area contributed by atoms with Crippen molar-refractivity contribution in [3.8, 4) is 0 Å². The van der Waals surface area contributed by atoms with E-state index in [1.165, 1.54) is 42.0 Å². The van der Waals surface area contributed by atoms with E-state index in [0.717, 1.165) is 0 Å². The van der Waals surface area contributed by atoms with Crippen LogP contribution in [0.25, 0.3) is 10.8 Å². The van der Waals surface area contributed by atoms with Gasteiger partial charge in [-0.25, -0.2) is 0 Å². The van der Waals surface area contributed by atoms with Gasteiger partial charge in [0.2, 0.25) is 0 Å². The number of rotatable bonds is 0. The third-order valence-electron chi connectivity index (χ3n) is 2.82. The molecule has 1 aliphatic rings. The summed E-state index contributed by atoms with van der Waals surface area (Å²) in [5.41, 5.74) is 1.30. The average Bonchev–Trinajstić information content (AvgIpc) is 2.27. The first-order chi connectivity index (χ1) is 8.77. The van der Waals surface area contributed by atoms with Crippen molar-refractivity contribution in [3.63, 3.8) is 0 Å². The fourth-order valence-electron chi connectivity index (χ4n) is 1.49. The molecule has 2 aromatic carbocycles. The molecule has 0 heterocycles. The topological polar surface area (TPSA) is 0 Å². The Labute approximate surface area is 152 Å². The molecule has 3 rings (SSSR count). The molecule has 1 saturated carbocycles. The van der Waals surface area contributed by atoms with Gasteiger partial charge < -0.3 is 0 Å². The van der Waals surface area contributed by atoms with Crippen LogP contribution in [0.3, 0.4) is 0 Å². The van der Waals surface area contributed by atoms with Gasteiger partial charge in [-0.3, -0.25) is 0 Å². The first-order valence-corrected chi connectivity index (χ1v) is 6.72. The van der Waals surface area contributed by atoms with Crippen LogP contribution in [0.4, 0.5) is 0 Å². The van der Waals surface area contributed by atoms with E-state index in [0.29, 0.717) is 0 Å². The van der Waals surface area contributed by atoms with E-state index in [9.17, 15) is 0 Å². The minimum Gasteiger partial charge on any atom is -0.147 e. The number of allylic oxidation sites excluding steroid dienone is 1. The molecule has 0 N–H and O–H groups in total. The summed E-state index contributed by atoms with van der Waals surface area (Å²) in [4.78, 5) is 0. The van der Waals surface area contributed by atoms with E-state index in [1.807, 2.05) is 19.1 Å². The van der Waals surface area contributed by atoms with Crippen molar-refractivity contribution < 1.29 is 42.1 Å². The molecule has 1 aliphatic carbocycles. The SMILES string of the molecule is C1CCC1.C=CC.Cc1ccc2[c-]cccc2c1.[W].[W]. The van der Waals surface area contributed by atoms with Crippen molar-refractivity contribution >= 4 is 10.8 Å². The maximum Gasteiger partial charge on any atom is 0 e. The zero-order valence-corrected chi connectivity index (χ0v) is 18.3. The second-order valence-corrected chi connectivity index (χ2v) is 4.58. The summed E-state index contributed by atoms with van der Waals surface area (Å²) >= 11 is 0. The summed E-state index contributed by atoms with van der Waals surface area (Å²) in [7, 11) is 0. The molecule has 2 aromatic rings. The van der Waals surface area contributed by atoms with Gasteiger partial charge in [0.1, 0.15) is 0 Å². The monoisotopic (exact) mass is 607 g/mol. The fraction of sp³-hybridized carbons (Fsp3) is 0.333. The van der Waals surface area contributed by atoms with E-state index >= 15 is 0 Å². The van der Waals surface area contributed by atoms with Gasteiger partial charge in [-0.2, -0.15) is 0 Å². The van der Waals surface area contributed by atoms with Crippen molar-refractivity contribution in [2.75, 3.05) is 0 Å². The van der Waals surface area contributed by atoms with Crippen LogP contribution in [-0.2, 0) is 42.1 Å². The number of hydrogen-bond acceptors (Lipinski definition) is 0. The van der Waals surface area contributed by atoms with Crippen molar-refractivity contribution in [1.82, 2.24) is 0 Å². The van der Waals surface area contributed by atoms with Crippen molar-refractivity contribution in [3.05, 3.63) is 60.7 Å². The van der Waals surface area contributed by atoms with E-state index in [4.69, 9.17) is 0 Å². The van der Waals surface area contributed by atoms with Crippen LogP contribution >= 0.6 is 0 Å². The Balaban J connectivity index is 0. The van der Waals surface area contributed by atoms with Crippen LogP contribution < -0.4 is 0 Å². The average molecular weight is 607 g/mol. The summed E-state index contributed by atoms with van der Waals surface area (Å²) in [5.74, 6) is 0. The second kappa shape index (κ2) is 13.8. The molecule has 0 atom stereocenters. The maximum atomic E-state index is 3.36. The molecular formula is C18H23W2-. The van der Waals surface area contributed by atoms with Crippen LogP contribution in [0.5, 0.6) is 0 Å². The van der Waals surface area contributed by atoms with E-state index in [-0.39, 0.29) is 42.1 Å². The normalized spacial score (nSPS) is 11.1. The third kappa shape index (κ3) is 8.88. The van der Waals surface area contributed by atoms with Crippen molar-refractivity contribution in [2.24, 2.45) is 0 Å². The number of aryl methyl sites for hydroxylation is 1. The number of hydrogen-bond donors (Lipinski definition) is 0. The van der Waals surface area contributed by atoms with Crippen LogP contribution in [-0.4, -0.2) is 0 Å². The predicted octanol–water partition coefficient (Wildman–Crippen LogP) is 5.70. The quantitative estimate of drug-likeness (QED) is 0.267. The molecule has 0 saturated heterocycles. The Morgan fingerprint density at radius 3 is 2.10 bits per heavy atom. The van der Waals surface area contributed by atoms with E-state index < -0.39 is 0 Å². The second-order valence-electron chi connectivity index (χ2n) is 4.58. The van der Waals surface area contributed by atoms with Crippen LogP contribution in [0.15, 0.2) is 49.1 Å². The van der Waals surface area contributed by atoms with E-state index in [1.54, 1.807) is 6.08 Å². The summed E-state index contributed by atoms with van der Waals surface area (Å²) in [6.45, 7) is 7.35. The first-order valence-electron chi connectivity index (χ1n) is 6.72. The zero-order valence-electron chi connectivity index (χ0n) is 12.4. The number of fused-ring (bicyclic) bond motifs is 1. The largest absolute Gasteiger partial charge is 0.147 e. The van der Waals surface area contributed by atoms with Gasteiger partial charge >= 0.3 is 0 Å². The van der Waals surface area contributed by atoms with Gasteiger partial charge in [0.05, 0.1) is 0 Å². The van der Waals surface area contributed by atoms with Gasteiger partial charge in [0, 0.05) is 42.1 Å². The summed E-state index contributed by atoms with van der Waals surface area (Å²) in [5, 5.41) is 2.46. The van der Waals surface area contributed by atoms with Gasteiger partial charge in [-0.1, -0.05) is 43.4 Å². The Bertz CT molecular complexity index is 470. The fourth-order valence-corrected chi connectivity index (χ4v) is 1.49. The molecule has 108 valence electrons.